The van der Waals surface area contributed by atoms with Crippen LogP contribution < -0.4 is 15.6 Å². The summed E-state index contributed by atoms with van der Waals surface area (Å²) in [6.45, 7) is 5.06. The predicted octanol–water partition coefficient (Wildman–Crippen LogP) is 4.52. The molecule has 2 aromatic carbocycles. The number of amides is 1. The van der Waals surface area contributed by atoms with Crippen molar-refractivity contribution in [2.75, 3.05) is 13.2 Å². The molecular formula is C24H27FN2O3. The SMILES string of the molecule is CCCCCOc1cc2cc(C(=O)NCCc3ccc(F)cc3)c(=O)[nH]c2cc1C. The van der Waals surface area contributed by atoms with E-state index in [0.29, 0.717) is 25.1 Å². The maximum Gasteiger partial charge on any atom is 0.261 e. The minimum atomic E-state index is -0.439. The van der Waals surface area contributed by atoms with Gasteiger partial charge in [0.1, 0.15) is 17.1 Å². The number of carbonyl (C=O) groups is 1. The zero-order valence-electron chi connectivity index (χ0n) is 17.4. The zero-order chi connectivity index (χ0) is 21.5. The van der Waals surface area contributed by atoms with Gasteiger partial charge in [-0.15, -0.1) is 0 Å². The summed E-state index contributed by atoms with van der Waals surface area (Å²) in [6, 6.07) is 11.4. The van der Waals surface area contributed by atoms with E-state index >= 15 is 0 Å². The normalized spacial score (nSPS) is 10.9. The summed E-state index contributed by atoms with van der Waals surface area (Å²) in [6.07, 6.45) is 3.77. The molecule has 0 radical (unpaired) electrons. The Balaban J connectivity index is 1.71. The zero-order valence-corrected chi connectivity index (χ0v) is 17.4. The van der Waals surface area contributed by atoms with Gasteiger partial charge in [-0.2, -0.15) is 0 Å². The van der Waals surface area contributed by atoms with E-state index in [-0.39, 0.29) is 11.4 Å². The van der Waals surface area contributed by atoms with Crippen molar-refractivity contribution in [3.63, 3.8) is 0 Å². The predicted molar refractivity (Wildman–Crippen MR) is 117 cm³/mol. The Kier molecular flexibility index (Phi) is 7.22. The first-order valence-electron chi connectivity index (χ1n) is 10.3. The molecule has 1 heterocycles. The number of pyridine rings is 1. The second-order valence-electron chi connectivity index (χ2n) is 7.41. The van der Waals surface area contributed by atoms with Gasteiger partial charge in [0.2, 0.25) is 0 Å². The number of fused-ring (bicyclic) bond motifs is 1. The van der Waals surface area contributed by atoms with Crippen molar-refractivity contribution in [3.05, 3.63) is 75.3 Å². The largest absolute Gasteiger partial charge is 0.493 e. The Hall–Kier alpha value is -3.15. The molecule has 0 fully saturated rings. The van der Waals surface area contributed by atoms with E-state index < -0.39 is 11.5 Å². The van der Waals surface area contributed by atoms with Crippen molar-refractivity contribution in [1.82, 2.24) is 10.3 Å². The van der Waals surface area contributed by atoms with E-state index in [0.717, 1.165) is 41.5 Å². The summed E-state index contributed by atoms with van der Waals surface area (Å²) in [5.74, 6) is 0.0222. The highest BCUT2D eigenvalue weighted by molar-refractivity contribution is 5.97. The quantitative estimate of drug-likeness (QED) is 0.510. The van der Waals surface area contributed by atoms with Gasteiger partial charge in [-0.05, 0) is 61.2 Å². The molecular weight excluding hydrogens is 383 g/mol. The number of nitrogens with one attached hydrogen (secondary N) is 2. The van der Waals surface area contributed by atoms with Gasteiger partial charge in [0, 0.05) is 17.4 Å². The fourth-order valence-electron chi connectivity index (χ4n) is 3.27. The third-order valence-electron chi connectivity index (χ3n) is 5.00. The van der Waals surface area contributed by atoms with Gasteiger partial charge >= 0.3 is 0 Å². The second kappa shape index (κ2) is 10.1. The summed E-state index contributed by atoms with van der Waals surface area (Å²) < 4.78 is 18.9. The number of carbonyl (C=O) groups excluding carboxylic acids is 1. The van der Waals surface area contributed by atoms with Crippen molar-refractivity contribution in [3.8, 4) is 5.75 Å². The third-order valence-corrected chi connectivity index (χ3v) is 5.00. The minimum absolute atomic E-state index is 0.0578. The Labute approximate surface area is 175 Å². The van der Waals surface area contributed by atoms with Crippen LogP contribution in [-0.2, 0) is 6.42 Å². The van der Waals surface area contributed by atoms with E-state index in [2.05, 4.69) is 17.2 Å². The monoisotopic (exact) mass is 410 g/mol. The molecule has 3 rings (SSSR count). The van der Waals surface area contributed by atoms with Crippen LogP contribution in [0.25, 0.3) is 10.9 Å². The maximum atomic E-state index is 13.0. The summed E-state index contributed by atoms with van der Waals surface area (Å²) >= 11 is 0. The summed E-state index contributed by atoms with van der Waals surface area (Å²) in [5.41, 5.74) is 2.14. The highest BCUT2D eigenvalue weighted by Crippen LogP contribution is 2.24. The second-order valence-corrected chi connectivity index (χ2v) is 7.41. The smallest absolute Gasteiger partial charge is 0.261 e. The molecule has 6 heteroatoms. The number of H-pyrrole nitrogens is 1. The summed E-state index contributed by atoms with van der Waals surface area (Å²) in [4.78, 5) is 27.7. The van der Waals surface area contributed by atoms with Gasteiger partial charge in [0.15, 0.2) is 0 Å². The van der Waals surface area contributed by atoms with Crippen LogP contribution >= 0.6 is 0 Å². The molecule has 0 aliphatic rings. The Morgan fingerprint density at radius 3 is 2.63 bits per heavy atom. The first kappa shape index (κ1) is 21.6. The number of aryl methyl sites for hydroxylation is 1. The number of hydrogen-bond acceptors (Lipinski definition) is 3. The van der Waals surface area contributed by atoms with Crippen LogP contribution in [0.4, 0.5) is 4.39 Å². The van der Waals surface area contributed by atoms with Gasteiger partial charge in [-0.25, -0.2) is 4.39 Å². The van der Waals surface area contributed by atoms with Gasteiger partial charge in [0.05, 0.1) is 6.61 Å². The molecule has 0 spiro atoms. The van der Waals surface area contributed by atoms with Crippen LogP contribution in [0.2, 0.25) is 0 Å². The van der Waals surface area contributed by atoms with Crippen molar-refractivity contribution >= 4 is 16.8 Å². The molecule has 30 heavy (non-hydrogen) atoms. The molecule has 0 aliphatic heterocycles. The number of halogens is 1. The topological polar surface area (TPSA) is 71.2 Å². The molecule has 0 unspecified atom stereocenters. The molecule has 0 aliphatic carbocycles. The van der Waals surface area contributed by atoms with Crippen LogP contribution in [0.15, 0.2) is 47.3 Å². The van der Waals surface area contributed by atoms with Crippen LogP contribution in [0.1, 0.15) is 47.7 Å². The molecule has 1 amide bonds. The van der Waals surface area contributed by atoms with E-state index in [9.17, 15) is 14.0 Å². The van der Waals surface area contributed by atoms with E-state index in [1.165, 1.54) is 12.1 Å². The van der Waals surface area contributed by atoms with E-state index in [1.54, 1.807) is 18.2 Å². The average molecular weight is 410 g/mol. The van der Waals surface area contributed by atoms with Crippen molar-refractivity contribution in [2.24, 2.45) is 0 Å². The Bertz CT molecular complexity index is 1070. The first-order valence-corrected chi connectivity index (χ1v) is 10.3. The third kappa shape index (κ3) is 5.47. The van der Waals surface area contributed by atoms with Crippen LogP contribution in [-0.4, -0.2) is 24.0 Å². The first-order chi connectivity index (χ1) is 14.5. The lowest BCUT2D eigenvalue weighted by Crippen LogP contribution is -2.31. The average Bonchev–Trinajstić information content (AvgIpc) is 2.72. The maximum absolute atomic E-state index is 13.0. The minimum Gasteiger partial charge on any atom is -0.493 e. The van der Waals surface area contributed by atoms with Gasteiger partial charge in [0.25, 0.3) is 11.5 Å². The molecule has 3 aromatic rings. The van der Waals surface area contributed by atoms with E-state index in [4.69, 9.17) is 4.74 Å². The molecule has 2 N–H and O–H groups in total. The molecule has 158 valence electrons. The number of unbranched alkanes of at least 4 members (excludes halogenated alkanes) is 2. The molecule has 0 atom stereocenters. The number of benzene rings is 2. The molecule has 0 saturated heterocycles. The van der Waals surface area contributed by atoms with Crippen LogP contribution in [0.3, 0.4) is 0 Å². The molecule has 5 nitrogen and oxygen atoms in total. The lowest BCUT2D eigenvalue weighted by Gasteiger charge is -2.11. The van der Waals surface area contributed by atoms with Gasteiger partial charge in [-0.3, -0.25) is 9.59 Å². The Morgan fingerprint density at radius 2 is 1.90 bits per heavy atom. The summed E-state index contributed by atoms with van der Waals surface area (Å²) in [7, 11) is 0. The standard InChI is InChI=1S/C24H27FN2O3/c1-3-4-5-12-30-22-15-18-14-20(24(29)27-21(18)13-16(22)2)23(28)26-11-10-17-6-8-19(25)9-7-17/h6-9,13-15H,3-5,10-12H2,1-2H3,(H,26,28)(H,27,29). The van der Waals surface area contributed by atoms with Crippen molar-refractivity contribution in [1.29, 1.82) is 0 Å². The summed E-state index contributed by atoms with van der Waals surface area (Å²) in [5, 5.41) is 3.50. The fourth-order valence-corrected chi connectivity index (χ4v) is 3.27. The number of rotatable bonds is 9. The van der Waals surface area contributed by atoms with Crippen molar-refractivity contribution < 1.29 is 13.9 Å². The molecule has 0 bridgehead atoms. The lowest BCUT2D eigenvalue weighted by molar-refractivity contribution is 0.0953. The van der Waals surface area contributed by atoms with Crippen LogP contribution in [0, 0.1) is 12.7 Å². The molecule has 1 aromatic heterocycles. The number of aromatic nitrogens is 1. The number of ether oxygens (including phenoxy) is 1. The van der Waals surface area contributed by atoms with Gasteiger partial charge in [-0.1, -0.05) is 31.9 Å². The highest BCUT2D eigenvalue weighted by atomic mass is 19.1. The van der Waals surface area contributed by atoms with E-state index in [1.807, 2.05) is 19.1 Å². The van der Waals surface area contributed by atoms with Crippen molar-refractivity contribution in [2.45, 2.75) is 39.5 Å². The lowest BCUT2D eigenvalue weighted by atomic mass is 10.1. The highest BCUT2D eigenvalue weighted by Gasteiger charge is 2.13. The van der Waals surface area contributed by atoms with Crippen LogP contribution in [0.5, 0.6) is 5.75 Å². The fraction of sp³-hybridized carbons (Fsp3) is 0.333. The molecule has 0 saturated carbocycles. The number of hydrogen-bond donors (Lipinski definition) is 2. The number of aromatic amines is 1. The Morgan fingerprint density at radius 1 is 1.13 bits per heavy atom. The van der Waals surface area contributed by atoms with Gasteiger partial charge < -0.3 is 15.0 Å².